The van der Waals surface area contributed by atoms with E-state index in [4.69, 9.17) is 0 Å². The van der Waals surface area contributed by atoms with E-state index >= 15 is 0 Å². The molecule has 2 aromatic heterocycles. The second-order valence-electron chi connectivity index (χ2n) is 7.33. The summed E-state index contributed by atoms with van der Waals surface area (Å²) in [5.74, 6) is 0. The van der Waals surface area contributed by atoms with Gasteiger partial charge in [-0.05, 0) is 23.3 Å². The highest BCUT2D eigenvalue weighted by Crippen LogP contribution is 2.58. The molecule has 5 aromatic rings. The molecule has 0 saturated carbocycles. The first-order valence-electron chi connectivity index (χ1n) is 9.81. The molecule has 1 nitrogen and oxygen atoms in total. The molecular weight excluding hydrogens is 423 g/mol. The van der Waals surface area contributed by atoms with E-state index in [1.807, 2.05) is 42.5 Å². The van der Waals surface area contributed by atoms with Gasteiger partial charge < -0.3 is 4.57 Å². The smallest absolute Gasteiger partial charge is 0.174 e. The molecule has 0 fully saturated rings. The highest BCUT2D eigenvalue weighted by Gasteiger charge is 2.43. The molecule has 0 saturated heterocycles. The van der Waals surface area contributed by atoms with Gasteiger partial charge in [0.25, 0.3) is 0 Å². The molecule has 30 heavy (non-hydrogen) atoms. The first kappa shape index (κ1) is 18.1. The van der Waals surface area contributed by atoms with Crippen molar-refractivity contribution in [2.45, 2.75) is 0 Å². The van der Waals surface area contributed by atoms with Gasteiger partial charge in [-0.3, -0.25) is 0 Å². The summed E-state index contributed by atoms with van der Waals surface area (Å²) >= 11 is 3.52. The Morgan fingerprint density at radius 1 is 0.533 bits per heavy atom. The molecule has 0 bridgehead atoms. The quantitative estimate of drug-likeness (QED) is 0.278. The third-order valence-electron chi connectivity index (χ3n) is 5.55. The summed E-state index contributed by atoms with van der Waals surface area (Å²) in [6, 6.07) is 35.1. The van der Waals surface area contributed by atoms with Crippen LogP contribution in [-0.2, 0) is 4.57 Å². The highest BCUT2D eigenvalue weighted by atomic mass is 32.1. The summed E-state index contributed by atoms with van der Waals surface area (Å²) in [5.41, 5.74) is 2.36. The van der Waals surface area contributed by atoms with Crippen molar-refractivity contribution in [3.8, 4) is 30.6 Å². The minimum Gasteiger partial charge on any atom is -0.309 e. The Labute approximate surface area is 183 Å². The third-order valence-corrected chi connectivity index (χ3v) is 11.5. The second kappa shape index (κ2) is 6.92. The van der Waals surface area contributed by atoms with Gasteiger partial charge in [0.15, 0.2) is 7.14 Å². The van der Waals surface area contributed by atoms with Gasteiger partial charge in [0.2, 0.25) is 0 Å². The van der Waals surface area contributed by atoms with Crippen LogP contribution in [0.4, 0.5) is 0 Å². The molecule has 0 unspecified atom stereocenters. The van der Waals surface area contributed by atoms with Gasteiger partial charge in [0.05, 0.1) is 9.75 Å². The average molecular weight is 441 g/mol. The zero-order chi connectivity index (χ0) is 20.1. The van der Waals surface area contributed by atoms with Crippen molar-refractivity contribution >= 4 is 45.7 Å². The molecule has 0 aliphatic carbocycles. The van der Waals surface area contributed by atoms with Crippen LogP contribution in [0.15, 0.2) is 103 Å². The SMILES string of the molecule is O=P1(c2ccccc2)c2cc(-c3ccccc3)sc2-c2sc(-c3ccccc3)cc21. The molecule has 4 heteroatoms. The fraction of sp³-hybridized carbons (Fsp3) is 0. The molecule has 1 aliphatic rings. The Morgan fingerprint density at radius 3 is 1.37 bits per heavy atom. The predicted octanol–water partition coefficient (Wildman–Crippen LogP) is 6.76. The number of thiophene rings is 2. The number of fused-ring (bicyclic) bond motifs is 3. The lowest BCUT2D eigenvalue weighted by Gasteiger charge is -2.13. The van der Waals surface area contributed by atoms with Gasteiger partial charge in [-0.25, -0.2) is 0 Å². The summed E-state index contributed by atoms with van der Waals surface area (Å²) in [4.78, 5) is 4.69. The molecule has 3 aromatic carbocycles. The maximum Gasteiger partial charge on any atom is 0.174 e. The number of rotatable bonds is 3. The summed E-state index contributed by atoms with van der Waals surface area (Å²) < 4.78 is 14.8. The first-order chi connectivity index (χ1) is 14.7. The Hall–Kier alpha value is -2.71. The first-order valence-corrected chi connectivity index (χ1v) is 13.1. The molecule has 0 atom stereocenters. The Morgan fingerprint density at radius 2 is 0.933 bits per heavy atom. The average Bonchev–Trinajstić information content (AvgIpc) is 3.50. The van der Waals surface area contributed by atoms with Crippen molar-refractivity contribution in [2.75, 3.05) is 0 Å². The molecule has 6 rings (SSSR count). The number of hydrogen-bond donors (Lipinski definition) is 0. The molecule has 0 spiro atoms. The normalized spacial score (nSPS) is 13.7. The van der Waals surface area contributed by atoms with Crippen molar-refractivity contribution < 1.29 is 4.57 Å². The van der Waals surface area contributed by atoms with Crippen LogP contribution in [0.25, 0.3) is 30.6 Å². The Bertz CT molecular complexity index is 1310. The summed E-state index contributed by atoms with van der Waals surface area (Å²) in [6.45, 7) is 0. The molecule has 144 valence electrons. The summed E-state index contributed by atoms with van der Waals surface area (Å²) in [5, 5.41) is 2.91. The van der Waals surface area contributed by atoms with E-state index in [2.05, 4.69) is 60.7 Å². The van der Waals surface area contributed by atoms with Crippen molar-refractivity contribution in [3.63, 3.8) is 0 Å². The monoisotopic (exact) mass is 440 g/mol. The van der Waals surface area contributed by atoms with E-state index in [1.165, 1.54) is 30.6 Å². The molecular formula is C26H17OPS2. The van der Waals surface area contributed by atoms with Crippen molar-refractivity contribution in [2.24, 2.45) is 0 Å². The topological polar surface area (TPSA) is 17.1 Å². The molecule has 0 amide bonds. The van der Waals surface area contributed by atoms with Crippen molar-refractivity contribution in [1.82, 2.24) is 0 Å². The van der Waals surface area contributed by atoms with Crippen molar-refractivity contribution in [3.05, 3.63) is 103 Å². The zero-order valence-corrected chi connectivity index (χ0v) is 18.5. The zero-order valence-electron chi connectivity index (χ0n) is 16.0. The maximum atomic E-state index is 14.8. The van der Waals surface area contributed by atoms with Gasteiger partial charge in [0, 0.05) is 25.7 Å². The fourth-order valence-electron chi connectivity index (χ4n) is 4.09. The molecule has 0 N–H and O–H groups in total. The summed E-state index contributed by atoms with van der Waals surface area (Å²) in [7, 11) is -2.88. The minimum absolute atomic E-state index is 0.917. The van der Waals surface area contributed by atoms with E-state index in [0.29, 0.717) is 0 Å². The van der Waals surface area contributed by atoms with Gasteiger partial charge >= 0.3 is 0 Å². The minimum atomic E-state index is -2.88. The highest BCUT2D eigenvalue weighted by molar-refractivity contribution is 7.87. The van der Waals surface area contributed by atoms with Crippen LogP contribution in [0.5, 0.6) is 0 Å². The van der Waals surface area contributed by atoms with Crippen LogP contribution in [0, 0.1) is 0 Å². The molecule has 3 heterocycles. The molecule has 1 aliphatic heterocycles. The lowest BCUT2D eigenvalue weighted by molar-refractivity contribution is 0.593. The second-order valence-corrected chi connectivity index (χ2v) is 12.1. The van der Waals surface area contributed by atoms with Crippen LogP contribution < -0.4 is 15.9 Å². The predicted molar refractivity (Wildman–Crippen MR) is 131 cm³/mol. The van der Waals surface area contributed by atoms with Gasteiger partial charge in [0.1, 0.15) is 0 Å². The lowest BCUT2D eigenvalue weighted by atomic mass is 10.2. The van der Waals surface area contributed by atoms with Gasteiger partial charge in [-0.15, -0.1) is 22.7 Å². The van der Waals surface area contributed by atoms with E-state index in [1.54, 1.807) is 22.7 Å². The Balaban J connectivity index is 1.61. The largest absolute Gasteiger partial charge is 0.309 e. The van der Waals surface area contributed by atoms with Crippen LogP contribution >= 0.6 is 29.8 Å². The molecule has 0 radical (unpaired) electrons. The van der Waals surface area contributed by atoms with E-state index in [0.717, 1.165) is 15.9 Å². The number of hydrogen-bond acceptors (Lipinski definition) is 3. The van der Waals surface area contributed by atoms with Crippen molar-refractivity contribution in [1.29, 1.82) is 0 Å². The van der Waals surface area contributed by atoms with Crippen LogP contribution in [0.2, 0.25) is 0 Å². The fourth-order valence-corrected chi connectivity index (χ4v) is 10.6. The van der Waals surface area contributed by atoms with Crippen LogP contribution in [0.3, 0.4) is 0 Å². The third kappa shape index (κ3) is 2.63. The van der Waals surface area contributed by atoms with Crippen LogP contribution in [0.1, 0.15) is 0 Å². The standard InChI is InChI=1S/C26H17OPS2/c27-28(20-14-8-3-9-15-20)21-16-23(18-10-4-1-5-11-18)29-25(21)26-22(28)17-24(30-26)19-12-6-2-7-13-19/h1-17H. The lowest BCUT2D eigenvalue weighted by Crippen LogP contribution is -2.19. The van der Waals surface area contributed by atoms with Crippen LogP contribution in [-0.4, -0.2) is 0 Å². The van der Waals surface area contributed by atoms with E-state index in [9.17, 15) is 4.57 Å². The van der Waals surface area contributed by atoms with E-state index < -0.39 is 7.14 Å². The number of benzene rings is 3. The van der Waals surface area contributed by atoms with Gasteiger partial charge in [-0.2, -0.15) is 0 Å². The maximum absolute atomic E-state index is 14.8. The van der Waals surface area contributed by atoms with E-state index in [-0.39, 0.29) is 0 Å². The van der Waals surface area contributed by atoms with Gasteiger partial charge in [-0.1, -0.05) is 91.0 Å². The Kier molecular flexibility index (Phi) is 4.17. The summed E-state index contributed by atoms with van der Waals surface area (Å²) in [6.07, 6.45) is 0.